The van der Waals surface area contributed by atoms with Gasteiger partial charge in [0.25, 0.3) is 10.0 Å². The summed E-state index contributed by atoms with van der Waals surface area (Å²) < 4.78 is 27.9. The molecule has 1 aliphatic rings. The highest BCUT2D eigenvalue weighted by Gasteiger charge is 2.32. The van der Waals surface area contributed by atoms with Crippen molar-refractivity contribution >= 4 is 60.6 Å². The Morgan fingerprint density at radius 2 is 1.85 bits per heavy atom. The standard InChI is InChI=1S/C17H19BrN2O3S3/c1-24-14-4-2-13(3-5-14)19-17(21)12-8-10-20(11-9-12)26(22,23)16-7-6-15(18)25-16/h2-7,12H,8-11H2,1H3,(H,19,21). The monoisotopic (exact) mass is 474 g/mol. The fraction of sp³-hybridized carbons (Fsp3) is 0.353. The first kappa shape index (κ1) is 19.9. The lowest BCUT2D eigenvalue weighted by Gasteiger charge is -2.30. The third-order valence-electron chi connectivity index (χ3n) is 4.32. The number of amides is 1. The molecule has 2 heterocycles. The number of rotatable bonds is 5. The van der Waals surface area contributed by atoms with Gasteiger partial charge in [-0.15, -0.1) is 23.1 Å². The van der Waals surface area contributed by atoms with Crippen LogP contribution in [0.25, 0.3) is 0 Å². The quantitative estimate of drug-likeness (QED) is 0.656. The summed E-state index contributed by atoms with van der Waals surface area (Å²) in [6.07, 6.45) is 3.06. The molecule has 3 rings (SSSR count). The van der Waals surface area contributed by atoms with Crippen LogP contribution < -0.4 is 5.32 Å². The van der Waals surface area contributed by atoms with E-state index in [0.29, 0.717) is 30.1 Å². The summed E-state index contributed by atoms with van der Waals surface area (Å²) in [6.45, 7) is 0.725. The number of thiophene rings is 1. The van der Waals surface area contributed by atoms with Crippen LogP contribution in [0, 0.1) is 5.92 Å². The van der Waals surface area contributed by atoms with E-state index >= 15 is 0 Å². The van der Waals surface area contributed by atoms with Crippen LogP contribution in [0.1, 0.15) is 12.8 Å². The van der Waals surface area contributed by atoms with Crippen molar-refractivity contribution in [3.63, 3.8) is 0 Å². The number of halogens is 1. The van der Waals surface area contributed by atoms with Crippen LogP contribution in [-0.2, 0) is 14.8 Å². The summed E-state index contributed by atoms with van der Waals surface area (Å²) in [5.74, 6) is -0.213. The van der Waals surface area contributed by atoms with Crippen LogP contribution in [0.15, 0.2) is 49.3 Å². The van der Waals surface area contributed by atoms with Gasteiger partial charge in [-0.2, -0.15) is 4.31 Å². The largest absolute Gasteiger partial charge is 0.326 e. The van der Waals surface area contributed by atoms with Gasteiger partial charge in [0, 0.05) is 29.6 Å². The first-order valence-electron chi connectivity index (χ1n) is 8.10. The minimum atomic E-state index is -3.47. The number of carbonyl (C=O) groups is 1. The second-order valence-corrected chi connectivity index (χ2v) is 11.5. The summed E-state index contributed by atoms with van der Waals surface area (Å²) in [7, 11) is -3.47. The van der Waals surface area contributed by atoms with E-state index in [-0.39, 0.29) is 11.8 Å². The zero-order valence-electron chi connectivity index (χ0n) is 14.1. The van der Waals surface area contributed by atoms with Gasteiger partial charge in [-0.05, 0) is 71.4 Å². The van der Waals surface area contributed by atoms with E-state index in [0.717, 1.165) is 14.4 Å². The molecule has 0 spiro atoms. The molecule has 0 aliphatic carbocycles. The summed E-state index contributed by atoms with van der Waals surface area (Å²) in [6, 6.07) is 11.1. The number of thioether (sulfide) groups is 1. The topological polar surface area (TPSA) is 66.5 Å². The van der Waals surface area contributed by atoms with Gasteiger partial charge in [-0.1, -0.05) is 0 Å². The van der Waals surface area contributed by atoms with Crippen molar-refractivity contribution in [3.05, 3.63) is 40.2 Å². The van der Waals surface area contributed by atoms with Gasteiger partial charge in [0.15, 0.2) is 0 Å². The van der Waals surface area contributed by atoms with Gasteiger partial charge in [0.2, 0.25) is 5.91 Å². The van der Waals surface area contributed by atoms with Crippen molar-refractivity contribution in [2.75, 3.05) is 24.7 Å². The smallest absolute Gasteiger partial charge is 0.252 e. The van der Waals surface area contributed by atoms with Crippen molar-refractivity contribution in [1.82, 2.24) is 4.31 Å². The predicted octanol–water partition coefficient (Wildman–Crippen LogP) is 4.27. The van der Waals surface area contributed by atoms with E-state index in [1.807, 2.05) is 30.5 Å². The van der Waals surface area contributed by atoms with E-state index in [1.54, 1.807) is 23.9 Å². The Bertz CT molecular complexity index is 873. The Labute approximate surface area is 170 Å². The number of hydrogen-bond donors (Lipinski definition) is 1. The van der Waals surface area contributed by atoms with E-state index in [2.05, 4.69) is 21.2 Å². The van der Waals surface area contributed by atoms with E-state index < -0.39 is 10.0 Å². The minimum absolute atomic E-state index is 0.0437. The van der Waals surface area contributed by atoms with Crippen molar-refractivity contribution < 1.29 is 13.2 Å². The molecule has 1 aliphatic heterocycles. The number of sulfonamides is 1. The normalized spacial score (nSPS) is 16.5. The van der Waals surface area contributed by atoms with Crippen LogP contribution in [-0.4, -0.2) is 38.0 Å². The Morgan fingerprint density at radius 3 is 2.38 bits per heavy atom. The molecule has 1 N–H and O–H groups in total. The number of carbonyl (C=O) groups excluding carboxylic acids is 1. The second-order valence-electron chi connectivity index (χ2n) is 5.95. The molecule has 1 saturated heterocycles. The molecule has 1 aromatic heterocycles. The van der Waals surface area contributed by atoms with Gasteiger partial charge in [0.1, 0.15) is 4.21 Å². The lowest BCUT2D eigenvalue weighted by Crippen LogP contribution is -2.41. The fourth-order valence-electron chi connectivity index (χ4n) is 2.84. The Hall–Kier alpha value is -0.870. The molecule has 0 radical (unpaired) electrons. The van der Waals surface area contributed by atoms with Crippen LogP contribution in [0.4, 0.5) is 5.69 Å². The molecule has 140 valence electrons. The highest BCUT2D eigenvalue weighted by molar-refractivity contribution is 9.11. The number of hydrogen-bond acceptors (Lipinski definition) is 5. The van der Waals surface area contributed by atoms with Gasteiger partial charge < -0.3 is 5.32 Å². The van der Waals surface area contributed by atoms with E-state index in [4.69, 9.17) is 0 Å². The molecule has 1 amide bonds. The first-order valence-corrected chi connectivity index (χ1v) is 12.4. The van der Waals surface area contributed by atoms with E-state index in [9.17, 15) is 13.2 Å². The minimum Gasteiger partial charge on any atom is -0.326 e. The average molecular weight is 475 g/mol. The second kappa shape index (κ2) is 8.43. The van der Waals surface area contributed by atoms with Crippen molar-refractivity contribution in [1.29, 1.82) is 0 Å². The van der Waals surface area contributed by atoms with Gasteiger partial charge in [-0.3, -0.25) is 4.79 Å². The van der Waals surface area contributed by atoms with Crippen LogP contribution >= 0.6 is 39.0 Å². The fourth-order valence-corrected chi connectivity index (χ4v) is 6.88. The highest BCUT2D eigenvalue weighted by atomic mass is 79.9. The lowest BCUT2D eigenvalue weighted by atomic mass is 9.97. The zero-order valence-corrected chi connectivity index (χ0v) is 18.2. The summed E-state index contributed by atoms with van der Waals surface area (Å²) >= 11 is 6.15. The molecule has 9 heteroatoms. The average Bonchev–Trinajstić information content (AvgIpc) is 3.10. The molecule has 0 atom stereocenters. The van der Waals surface area contributed by atoms with Crippen LogP contribution in [0.3, 0.4) is 0 Å². The maximum absolute atomic E-state index is 12.6. The molecule has 1 fully saturated rings. The molecular formula is C17H19BrN2O3S3. The molecule has 0 bridgehead atoms. The molecule has 0 unspecified atom stereocenters. The predicted molar refractivity (Wildman–Crippen MR) is 110 cm³/mol. The van der Waals surface area contributed by atoms with E-state index in [1.165, 1.54) is 15.6 Å². The van der Waals surface area contributed by atoms with Crippen LogP contribution in [0.5, 0.6) is 0 Å². The third kappa shape index (κ3) is 4.51. The Balaban J connectivity index is 1.58. The number of nitrogens with one attached hydrogen (secondary N) is 1. The molecule has 2 aromatic rings. The van der Waals surface area contributed by atoms with Crippen molar-refractivity contribution in [3.8, 4) is 0 Å². The van der Waals surface area contributed by atoms with Gasteiger partial charge in [0.05, 0.1) is 3.79 Å². The molecule has 26 heavy (non-hydrogen) atoms. The maximum Gasteiger partial charge on any atom is 0.252 e. The SMILES string of the molecule is CSc1ccc(NC(=O)C2CCN(S(=O)(=O)c3ccc(Br)s3)CC2)cc1. The van der Waals surface area contributed by atoms with Crippen LogP contribution in [0.2, 0.25) is 0 Å². The number of piperidine rings is 1. The molecule has 1 aromatic carbocycles. The highest BCUT2D eigenvalue weighted by Crippen LogP contribution is 2.31. The van der Waals surface area contributed by atoms with Crippen molar-refractivity contribution in [2.45, 2.75) is 21.9 Å². The first-order chi connectivity index (χ1) is 12.4. The lowest BCUT2D eigenvalue weighted by molar-refractivity contribution is -0.120. The summed E-state index contributed by atoms with van der Waals surface area (Å²) in [5.41, 5.74) is 0.770. The Morgan fingerprint density at radius 1 is 1.19 bits per heavy atom. The molecule has 5 nitrogen and oxygen atoms in total. The summed E-state index contributed by atoms with van der Waals surface area (Å²) in [5, 5.41) is 2.93. The molecular weight excluding hydrogens is 456 g/mol. The van der Waals surface area contributed by atoms with Gasteiger partial charge >= 0.3 is 0 Å². The Kier molecular flexibility index (Phi) is 6.45. The zero-order chi connectivity index (χ0) is 18.7. The number of anilines is 1. The van der Waals surface area contributed by atoms with Gasteiger partial charge in [-0.25, -0.2) is 8.42 Å². The molecule has 0 saturated carbocycles. The maximum atomic E-state index is 12.6. The number of nitrogens with zero attached hydrogens (tertiary/aromatic N) is 1. The summed E-state index contributed by atoms with van der Waals surface area (Å²) in [4.78, 5) is 13.6. The third-order valence-corrected chi connectivity index (χ3v) is 9.06. The number of benzene rings is 1. The van der Waals surface area contributed by atoms with Crippen molar-refractivity contribution in [2.24, 2.45) is 5.92 Å².